The van der Waals surface area contributed by atoms with Crippen LogP contribution in [0.1, 0.15) is 0 Å². The number of sulfone groups is 1. The van der Waals surface area contributed by atoms with Crippen molar-refractivity contribution in [1.82, 2.24) is 15.2 Å². The number of amides is 1. The molecule has 0 saturated heterocycles. The maximum Gasteiger partial charge on any atom is 0.336 e. The van der Waals surface area contributed by atoms with Crippen molar-refractivity contribution in [2.24, 2.45) is 0 Å². The summed E-state index contributed by atoms with van der Waals surface area (Å²) in [6, 6.07) is 6.63. The minimum atomic E-state index is -4.08. The fraction of sp³-hybridized carbons (Fsp3) is 0.0769. The predicted octanol–water partition coefficient (Wildman–Crippen LogP) is 2.26. The number of aromatic nitrogens is 3. The van der Waals surface area contributed by atoms with Crippen molar-refractivity contribution >= 4 is 43.8 Å². The molecule has 0 aliphatic heterocycles. The Morgan fingerprint density at radius 3 is 2.79 bits per heavy atom. The summed E-state index contributed by atoms with van der Waals surface area (Å²) in [5, 5.41) is 11.2. The van der Waals surface area contributed by atoms with Crippen LogP contribution >= 0.6 is 22.9 Å². The van der Waals surface area contributed by atoms with Gasteiger partial charge in [0.2, 0.25) is 21.6 Å². The fourth-order valence-electron chi connectivity index (χ4n) is 1.75. The molecule has 1 aromatic carbocycles. The smallest absolute Gasteiger partial charge is 0.336 e. The maximum absolute atomic E-state index is 12.2. The van der Waals surface area contributed by atoms with Gasteiger partial charge in [-0.3, -0.25) is 4.79 Å². The van der Waals surface area contributed by atoms with Gasteiger partial charge >= 0.3 is 5.22 Å². The number of anilines is 1. The Labute approximate surface area is 145 Å². The standard InChI is InChI=1S/C13H9ClN4O4S2/c14-9-4-2-1-3-8(9)11-17-18-13(22-11)24(20,21)7-10(19)16-12-15-5-6-23-12/h1-6H,7H2,(H,15,16,19). The van der Waals surface area contributed by atoms with E-state index < -0.39 is 26.7 Å². The predicted molar refractivity (Wildman–Crippen MR) is 87.5 cm³/mol. The second-order valence-corrected chi connectivity index (χ2v) is 7.67. The van der Waals surface area contributed by atoms with Gasteiger partial charge in [0, 0.05) is 11.6 Å². The third kappa shape index (κ3) is 3.61. The first kappa shape index (κ1) is 16.6. The van der Waals surface area contributed by atoms with Crippen molar-refractivity contribution in [2.75, 3.05) is 11.1 Å². The van der Waals surface area contributed by atoms with Crippen molar-refractivity contribution in [3.8, 4) is 11.5 Å². The van der Waals surface area contributed by atoms with Gasteiger partial charge < -0.3 is 9.73 Å². The van der Waals surface area contributed by atoms with Gasteiger partial charge in [0.1, 0.15) is 5.75 Å². The molecule has 0 unspecified atom stereocenters. The number of halogens is 1. The van der Waals surface area contributed by atoms with Crippen molar-refractivity contribution in [1.29, 1.82) is 0 Å². The summed E-state index contributed by atoms with van der Waals surface area (Å²) >= 11 is 7.17. The summed E-state index contributed by atoms with van der Waals surface area (Å²) in [6.07, 6.45) is 1.49. The molecule has 11 heteroatoms. The lowest BCUT2D eigenvalue weighted by molar-refractivity contribution is -0.113. The summed E-state index contributed by atoms with van der Waals surface area (Å²) in [4.78, 5) is 15.6. The number of thiazole rings is 1. The van der Waals surface area contributed by atoms with E-state index in [0.717, 1.165) is 0 Å². The van der Waals surface area contributed by atoms with Gasteiger partial charge in [-0.2, -0.15) is 0 Å². The third-order valence-electron chi connectivity index (χ3n) is 2.78. The van der Waals surface area contributed by atoms with Crippen LogP contribution in [-0.4, -0.2) is 35.3 Å². The molecule has 0 fully saturated rings. The number of nitrogens with zero attached hydrogens (tertiary/aromatic N) is 3. The lowest BCUT2D eigenvalue weighted by atomic mass is 10.2. The molecule has 2 heterocycles. The lowest BCUT2D eigenvalue weighted by Crippen LogP contribution is -2.23. The zero-order valence-electron chi connectivity index (χ0n) is 11.8. The Kier molecular flexibility index (Phi) is 4.60. The van der Waals surface area contributed by atoms with E-state index >= 15 is 0 Å². The molecule has 2 aromatic heterocycles. The molecule has 1 N–H and O–H groups in total. The number of nitrogens with one attached hydrogen (secondary N) is 1. The van der Waals surface area contributed by atoms with Gasteiger partial charge in [-0.15, -0.1) is 16.4 Å². The van der Waals surface area contributed by atoms with Gasteiger partial charge in [-0.25, -0.2) is 13.4 Å². The Hall–Kier alpha value is -2.30. The lowest BCUT2D eigenvalue weighted by Gasteiger charge is -2.00. The molecule has 0 aliphatic rings. The Morgan fingerprint density at radius 1 is 1.29 bits per heavy atom. The van der Waals surface area contributed by atoms with Crippen molar-refractivity contribution in [2.45, 2.75) is 5.22 Å². The van der Waals surface area contributed by atoms with E-state index in [1.54, 1.807) is 29.6 Å². The molecule has 1 amide bonds. The summed E-state index contributed by atoms with van der Waals surface area (Å²) in [5.41, 5.74) is 0.403. The monoisotopic (exact) mass is 384 g/mol. The highest BCUT2D eigenvalue weighted by atomic mass is 35.5. The Morgan fingerprint density at radius 2 is 2.08 bits per heavy atom. The molecule has 0 saturated carbocycles. The highest BCUT2D eigenvalue weighted by Gasteiger charge is 2.27. The van der Waals surface area contributed by atoms with E-state index in [-0.39, 0.29) is 5.89 Å². The van der Waals surface area contributed by atoms with Crippen LogP contribution in [0.15, 0.2) is 45.5 Å². The quantitative estimate of drug-likeness (QED) is 0.717. The Balaban J connectivity index is 1.78. The molecule has 0 atom stereocenters. The molecule has 124 valence electrons. The first-order valence-corrected chi connectivity index (χ1v) is 9.37. The van der Waals surface area contributed by atoms with Crippen LogP contribution in [0.5, 0.6) is 0 Å². The second kappa shape index (κ2) is 6.67. The van der Waals surface area contributed by atoms with E-state index in [1.165, 1.54) is 17.5 Å². The summed E-state index contributed by atoms with van der Waals surface area (Å²) in [6.45, 7) is 0. The van der Waals surface area contributed by atoms with E-state index in [9.17, 15) is 13.2 Å². The molecule has 24 heavy (non-hydrogen) atoms. The normalized spacial score (nSPS) is 11.4. The number of carbonyl (C=O) groups is 1. The van der Waals surface area contributed by atoms with Gasteiger partial charge in [-0.05, 0) is 12.1 Å². The number of carbonyl (C=O) groups excluding carboxylic acids is 1. The van der Waals surface area contributed by atoms with Gasteiger partial charge in [-0.1, -0.05) is 28.8 Å². The van der Waals surface area contributed by atoms with E-state index in [4.69, 9.17) is 16.0 Å². The van der Waals surface area contributed by atoms with Crippen LogP contribution in [0.25, 0.3) is 11.5 Å². The van der Waals surface area contributed by atoms with Crippen molar-refractivity contribution < 1.29 is 17.6 Å². The number of hydrogen-bond donors (Lipinski definition) is 1. The first-order valence-electron chi connectivity index (χ1n) is 6.46. The largest absolute Gasteiger partial charge is 0.408 e. The molecule has 8 nitrogen and oxygen atoms in total. The van der Waals surface area contributed by atoms with Crippen LogP contribution in [0, 0.1) is 0 Å². The SMILES string of the molecule is O=C(CS(=O)(=O)c1nnc(-c2ccccc2Cl)o1)Nc1nccs1. The summed E-state index contributed by atoms with van der Waals surface area (Å²) in [5.74, 6) is -1.63. The first-order chi connectivity index (χ1) is 11.5. The average molecular weight is 385 g/mol. The zero-order chi connectivity index (χ0) is 17.2. The minimum Gasteiger partial charge on any atom is -0.408 e. The molecule has 0 spiro atoms. The van der Waals surface area contributed by atoms with E-state index in [1.807, 2.05) is 0 Å². The van der Waals surface area contributed by atoms with E-state index in [2.05, 4.69) is 20.5 Å². The fourth-order valence-corrected chi connectivity index (χ4v) is 3.43. The third-order valence-corrected chi connectivity index (χ3v) is 5.13. The van der Waals surface area contributed by atoms with Crippen molar-refractivity contribution in [3.05, 3.63) is 40.9 Å². The Bertz CT molecular complexity index is 970. The van der Waals surface area contributed by atoms with Crippen LogP contribution in [0.3, 0.4) is 0 Å². The highest BCUT2D eigenvalue weighted by molar-refractivity contribution is 7.91. The zero-order valence-corrected chi connectivity index (χ0v) is 14.2. The van der Waals surface area contributed by atoms with Crippen LogP contribution in [0.4, 0.5) is 5.13 Å². The topological polar surface area (TPSA) is 115 Å². The van der Waals surface area contributed by atoms with Crippen molar-refractivity contribution in [3.63, 3.8) is 0 Å². The summed E-state index contributed by atoms with van der Waals surface area (Å²) in [7, 11) is -4.08. The van der Waals surface area contributed by atoms with Crippen LogP contribution in [0.2, 0.25) is 5.02 Å². The van der Waals surface area contributed by atoms with E-state index in [0.29, 0.717) is 15.7 Å². The molecule has 0 aliphatic carbocycles. The number of hydrogen-bond acceptors (Lipinski definition) is 8. The van der Waals surface area contributed by atoms with Gasteiger partial charge in [0.15, 0.2) is 5.13 Å². The molecule has 3 aromatic rings. The molecule has 0 bridgehead atoms. The molecule has 0 radical (unpaired) electrons. The molecule has 3 rings (SSSR count). The maximum atomic E-state index is 12.2. The number of benzene rings is 1. The molecular weight excluding hydrogens is 376 g/mol. The molecular formula is C13H9ClN4O4S2. The van der Waals surface area contributed by atoms with Crippen LogP contribution in [-0.2, 0) is 14.6 Å². The van der Waals surface area contributed by atoms with Gasteiger partial charge in [0.05, 0.1) is 10.6 Å². The average Bonchev–Trinajstić information content (AvgIpc) is 3.18. The van der Waals surface area contributed by atoms with Gasteiger partial charge in [0.25, 0.3) is 0 Å². The second-order valence-electron chi connectivity index (χ2n) is 4.50. The summed E-state index contributed by atoms with van der Waals surface area (Å²) < 4.78 is 29.6. The minimum absolute atomic E-state index is 0.0421. The number of rotatable bonds is 5. The van der Waals surface area contributed by atoms with Crippen LogP contribution < -0.4 is 5.32 Å². The highest BCUT2D eigenvalue weighted by Crippen LogP contribution is 2.27.